The number of benzene rings is 1. The highest BCUT2D eigenvalue weighted by molar-refractivity contribution is 6.30. The first kappa shape index (κ1) is 17.4. The maximum atomic E-state index is 14.0. The van der Waals surface area contributed by atoms with Gasteiger partial charge in [0.1, 0.15) is 11.9 Å². The minimum Gasteiger partial charge on any atom is -0.394 e. The largest absolute Gasteiger partial charge is 0.394 e. The smallest absolute Gasteiger partial charge is 0.244 e. The molecular formula is C14H18ClFN2O3. The molecule has 0 saturated carbocycles. The molecule has 0 bridgehead atoms. The lowest BCUT2D eigenvalue weighted by molar-refractivity contribution is -0.132. The summed E-state index contributed by atoms with van der Waals surface area (Å²) < 4.78 is 14.0. The number of hydrogen-bond donors (Lipinski definition) is 3. The zero-order valence-electron chi connectivity index (χ0n) is 12.0. The Morgan fingerprint density at radius 1 is 1.43 bits per heavy atom. The van der Waals surface area contributed by atoms with Crippen LogP contribution >= 0.6 is 11.6 Å². The SMILES string of the molecule is CNC(=O)[C@@H](CO)NC(=O)C(C)(C)c1ccc(Cl)cc1F. The van der Waals surface area contributed by atoms with E-state index in [-0.39, 0.29) is 10.6 Å². The number of aliphatic hydroxyl groups is 1. The molecule has 0 unspecified atom stereocenters. The van der Waals surface area contributed by atoms with E-state index in [0.29, 0.717) is 0 Å². The molecule has 0 aliphatic rings. The van der Waals surface area contributed by atoms with Crippen molar-refractivity contribution in [2.24, 2.45) is 0 Å². The second kappa shape index (κ2) is 6.87. The van der Waals surface area contributed by atoms with Crippen LogP contribution in [0.25, 0.3) is 0 Å². The van der Waals surface area contributed by atoms with Crippen molar-refractivity contribution in [3.05, 3.63) is 34.6 Å². The lowest BCUT2D eigenvalue weighted by Crippen LogP contribution is -2.52. The normalized spacial score (nSPS) is 12.7. The highest BCUT2D eigenvalue weighted by atomic mass is 35.5. The van der Waals surface area contributed by atoms with E-state index in [2.05, 4.69) is 10.6 Å². The lowest BCUT2D eigenvalue weighted by atomic mass is 9.83. The number of carbonyl (C=O) groups is 2. The fourth-order valence-electron chi connectivity index (χ4n) is 1.83. The summed E-state index contributed by atoms with van der Waals surface area (Å²) >= 11 is 5.69. The van der Waals surface area contributed by atoms with Crippen LogP contribution < -0.4 is 10.6 Å². The van der Waals surface area contributed by atoms with Crippen molar-refractivity contribution >= 4 is 23.4 Å². The van der Waals surface area contributed by atoms with E-state index in [1.54, 1.807) is 0 Å². The Morgan fingerprint density at radius 2 is 2.05 bits per heavy atom. The predicted molar refractivity (Wildman–Crippen MR) is 77.5 cm³/mol. The first-order valence-corrected chi connectivity index (χ1v) is 6.70. The van der Waals surface area contributed by atoms with Gasteiger partial charge in [-0.05, 0) is 26.0 Å². The standard InChI is InChI=1S/C14H18ClFN2O3/c1-14(2,9-5-4-8(15)6-10(9)16)13(21)18-11(7-19)12(20)17-3/h4-6,11,19H,7H2,1-3H3,(H,17,20)(H,18,21)/t11-/m1/s1. The van der Waals surface area contributed by atoms with Crippen molar-refractivity contribution in [3.8, 4) is 0 Å². The van der Waals surface area contributed by atoms with E-state index in [9.17, 15) is 14.0 Å². The van der Waals surface area contributed by atoms with E-state index < -0.39 is 35.7 Å². The lowest BCUT2D eigenvalue weighted by Gasteiger charge is -2.27. The molecule has 1 rings (SSSR count). The van der Waals surface area contributed by atoms with Gasteiger partial charge in [-0.15, -0.1) is 0 Å². The van der Waals surface area contributed by atoms with Crippen LogP contribution in [0.15, 0.2) is 18.2 Å². The molecule has 0 aromatic heterocycles. The van der Waals surface area contributed by atoms with E-state index in [1.807, 2.05) is 0 Å². The molecule has 7 heteroatoms. The molecule has 0 aliphatic heterocycles. The molecule has 0 spiro atoms. The third-order valence-corrected chi connectivity index (χ3v) is 3.46. The summed E-state index contributed by atoms with van der Waals surface area (Å²) in [7, 11) is 1.39. The van der Waals surface area contributed by atoms with E-state index >= 15 is 0 Å². The summed E-state index contributed by atoms with van der Waals surface area (Å²) in [5, 5.41) is 14.1. The molecule has 2 amide bonds. The first-order chi connectivity index (χ1) is 9.73. The number of carbonyl (C=O) groups excluding carboxylic acids is 2. The summed E-state index contributed by atoms with van der Waals surface area (Å²) in [5.41, 5.74) is -1.08. The molecule has 5 nitrogen and oxygen atoms in total. The van der Waals surface area contributed by atoms with Crippen LogP contribution in [0.4, 0.5) is 4.39 Å². The summed E-state index contributed by atoms with van der Waals surface area (Å²) in [6, 6.07) is 2.94. The predicted octanol–water partition coefficient (Wildman–Crippen LogP) is 0.980. The molecule has 0 heterocycles. The molecule has 1 aromatic carbocycles. The van der Waals surface area contributed by atoms with Gasteiger partial charge < -0.3 is 15.7 Å². The van der Waals surface area contributed by atoms with Gasteiger partial charge in [-0.1, -0.05) is 17.7 Å². The summed E-state index contributed by atoms with van der Waals surface area (Å²) in [4.78, 5) is 23.8. The van der Waals surface area contributed by atoms with E-state index in [1.165, 1.54) is 33.0 Å². The summed E-state index contributed by atoms with van der Waals surface area (Å²) in [6.07, 6.45) is 0. The molecule has 0 saturated heterocycles. The quantitative estimate of drug-likeness (QED) is 0.758. The summed E-state index contributed by atoms with van der Waals surface area (Å²) in [6.45, 7) is 2.49. The highest BCUT2D eigenvalue weighted by Gasteiger charge is 2.34. The number of aliphatic hydroxyl groups excluding tert-OH is 1. The van der Waals surface area contributed by atoms with Gasteiger partial charge in [-0.3, -0.25) is 9.59 Å². The van der Waals surface area contributed by atoms with Gasteiger partial charge in [0.25, 0.3) is 0 Å². The number of hydrogen-bond acceptors (Lipinski definition) is 3. The Labute approximate surface area is 127 Å². The van der Waals surface area contributed by atoms with Crippen LogP contribution in [0, 0.1) is 5.82 Å². The molecule has 0 radical (unpaired) electrons. The van der Waals surface area contributed by atoms with Crippen molar-refractivity contribution < 1.29 is 19.1 Å². The Bertz CT molecular complexity index is 549. The third-order valence-electron chi connectivity index (χ3n) is 3.22. The Morgan fingerprint density at radius 3 is 2.52 bits per heavy atom. The van der Waals surface area contributed by atoms with Crippen molar-refractivity contribution in [1.29, 1.82) is 0 Å². The minimum atomic E-state index is -1.23. The van der Waals surface area contributed by atoms with Crippen LogP contribution in [0.5, 0.6) is 0 Å². The van der Waals surface area contributed by atoms with Gasteiger partial charge >= 0.3 is 0 Å². The Kier molecular flexibility index (Phi) is 5.69. The number of nitrogens with one attached hydrogen (secondary N) is 2. The Balaban J connectivity index is 3.00. The second-order valence-electron chi connectivity index (χ2n) is 5.07. The molecular weight excluding hydrogens is 299 g/mol. The fraction of sp³-hybridized carbons (Fsp3) is 0.429. The van der Waals surface area contributed by atoms with Gasteiger partial charge in [0, 0.05) is 17.6 Å². The molecule has 0 aliphatic carbocycles. The van der Waals surface area contributed by atoms with Gasteiger partial charge in [0.05, 0.1) is 12.0 Å². The number of likely N-dealkylation sites (N-methyl/N-ethyl adjacent to an activating group) is 1. The number of amides is 2. The zero-order valence-corrected chi connectivity index (χ0v) is 12.8. The van der Waals surface area contributed by atoms with Crippen LogP contribution in [0.1, 0.15) is 19.4 Å². The van der Waals surface area contributed by atoms with Gasteiger partial charge in [-0.25, -0.2) is 4.39 Å². The van der Waals surface area contributed by atoms with Crippen molar-refractivity contribution in [3.63, 3.8) is 0 Å². The van der Waals surface area contributed by atoms with Crippen LogP contribution in [-0.2, 0) is 15.0 Å². The van der Waals surface area contributed by atoms with E-state index in [0.717, 1.165) is 6.07 Å². The third kappa shape index (κ3) is 3.92. The second-order valence-corrected chi connectivity index (χ2v) is 5.51. The fourth-order valence-corrected chi connectivity index (χ4v) is 1.98. The van der Waals surface area contributed by atoms with Crippen molar-refractivity contribution in [2.45, 2.75) is 25.3 Å². The molecule has 116 valence electrons. The van der Waals surface area contributed by atoms with Gasteiger partial charge in [-0.2, -0.15) is 0 Å². The van der Waals surface area contributed by atoms with Crippen molar-refractivity contribution in [1.82, 2.24) is 10.6 Å². The molecule has 1 aromatic rings. The van der Waals surface area contributed by atoms with Crippen molar-refractivity contribution in [2.75, 3.05) is 13.7 Å². The average Bonchev–Trinajstić information content (AvgIpc) is 2.43. The zero-order chi connectivity index (χ0) is 16.2. The van der Waals surface area contributed by atoms with Crippen LogP contribution in [0.3, 0.4) is 0 Å². The Hall–Kier alpha value is -1.66. The van der Waals surface area contributed by atoms with Gasteiger partial charge in [0.2, 0.25) is 11.8 Å². The van der Waals surface area contributed by atoms with Crippen LogP contribution in [-0.4, -0.2) is 36.6 Å². The topological polar surface area (TPSA) is 78.4 Å². The monoisotopic (exact) mass is 316 g/mol. The average molecular weight is 317 g/mol. The summed E-state index contributed by atoms with van der Waals surface area (Å²) in [5.74, 6) is -1.72. The molecule has 0 fully saturated rings. The highest BCUT2D eigenvalue weighted by Crippen LogP contribution is 2.28. The molecule has 3 N–H and O–H groups in total. The number of rotatable bonds is 5. The maximum Gasteiger partial charge on any atom is 0.244 e. The molecule has 21 heavy (non-hydrogen) atoms. The minimum absolute atomic E-state index is 0.151. The first-order valence-electron chi connectivity index (χ1n) is 6.33. The number of halogens is 2. The molecule has 1 atom stereocenters. The van der Waals surface area contributed by atoms with E-state index in [4.69, 9.17) is 16.7 Å². The van der Waals surface area contributed by atoms with Crippen LogP contribution in [0.2, 0.25) is 5.02 Å². The maximum absolute atomic E-state index is 14.0. The van der Waals surface area contributed by atoms with Gasteiger partial charge in [0.15, 0.2) is 0 Å².